The highest BCUT2D eigenvalue weighted by molar-refractivity contribution is 5.94. The number of hydrogen-bond acceptors (Lipinski definition) is 4. The number of amides is 1. The van der Waals surface area contributed by atoms with E-state index in [9.17, 15) is 4.79 Å². The molecule has 1 saturated carbocycles. The highest BCUT2D eigenvalue weighted by Gasteiger charge is 2.54. The Morgan fingerprint density at radius 2 is 2.23 bits per heavy atom. The van der Waals surface area contributed by atoms with E-state index in [0.29, 0.717) is 18.1 Å². The number of nitrogens with one attached hydrogen (secondary N) is 1. The molecule has 0 spiro atoms. The highest BCUT2D eigenvalue weighted by Crippen LogP contribution is 2.43. The molecule has 1 aromatic carbocycles. The van der Waals surface area contributed by atoms with E-state index < -0.39 is 0 Å². The molecule has 0 aromatic heterocycles. The Labute approximate surface area is 130 Å². The van der Waals surface area contributed by atoms with Gasteiger partial charge >= 0.3 is 0 Å². The summed E-state index contributed by atoms with van der Waals surface area (Å²) in [5.74, 6) is 1.42. The molecule has 1 aliphatic carbocycles. The van der Waals surface area contributed by atoms with Crippen LogP contribution in [-0.4, -0.2) is 45.5 Å². The van der Waals surface area contributed by atoms with Gasteiger partial charge in [0.25, 0.3) is 5.91 Å². The lowest BCUT2D eigenvalue weighted by atomic mass is 9.67. The third-order valence-electron chi connectivity index (χ3n) is 4.84. The quantitative estimate of drug-likeness (QED) is 0.901. The Morgan fingerprint density at radius 3 is 2.91 bits per heavy atom. The minimum Gasteiger partial charge on any atom is -0.496 e. The first-order chi connectivity index (χ1) is 10.7. The number of ether oxygens (including phenoxy) is 3. The molecular formula is C17H23NO4. The van der Waals surface area contributed by atoms with Crippen LogP contribution in [0.1, 0.15) is 22.3 Å². The van der Waals surface area contributed by atoms with Crippen molar-refractivity contribution in [2.75, 3.05) is 27.4 Å². The first-order valence-electron chi connectivity index (χ1n) is 7.71. The molecule has 3 rings (SSSR count). The number of hydrogen-bond donors (Lipinski definition) is 1. The van der Waals surface area contributed by atoms with Gasteiger partial charge in [-0.25, -0.2) is 0 Å². The smallest absolute Gasteiger partial charge is 0.251 e. The summed E-state index contributed by atoms with van der Waals surface area (Å²) in [7, 11) is 3.32. The van der Waals surface area contributed by atoms with Crippen molar-refractivity contribution in [3.8, 4) is 5.75 Å². The van der Waals surface area contributed by atoms with E-state index in [1.807, 2.05) is 19.1 Å². The first kappa shape index (κ1) is 15.3. The topological polar surface area (TPSA) is 56.8 Å². The van der Waals surface area contributed by atoms with Gasteiger partial charge in [-0.05, 0) is 37.1 Å². The van der Waals surface area contributed by atoms with E-state index in [-0.39, 0.29) is 24.0 Å². The van der Waals surface area contributed by atoms with Gasteiger partial charge < -0.3 is 19.5 Å². The molecule has 1 saturated heterocycles. The second kappa shape index (κ2) is 6.26. The fraction of sp³-hybridized carbons (Fsp3) is 0.588. The van der Waals surface area contributed by atoms with E-state index >= 15 is 0 Å². The summed E-state index contributed by atoms with van der Waals surface area (Å²) in [5.41, 5.74) is 1.62. The minimum absolute atomic E-state index is 0.0396. The summed E-state index contributed by atoms with van der Waals surface area (Å²) < 4.78 is 16.2. The highest BCUT2D eigenvalue weighted by atomic mass is 16.5. The van der Waals surface area contributed by atoms with Gasteiger partial charge in [0.05, 0.1) is 19.8 Å². The van der Waals surface area contributed by atoms with Crippen molar-refractivity contribution in [3.05, 3.63) is 29.3 Å². The maximum Gasteiger partial charge on any atom is 0.251 e. The number of methoxy groups -OCH3 is 2. The summed E-state index contributed by atoms with van der Waals surface area (Å²) >= 11 is 0. The Balaban J connectivity index is 1.69. The van der Waals surface area contributed by atoms with E-state index in [1.54, 1.807) is 20.3 Å². The molecule has 1 amide bonds. The lowest BCUT2D eigenvalue weighted by Crippen LogP contribution is -2.62. The molecular weight excluding hydrogens is 282 g/mol. The normalized spacial score (nSPS) is 29.6. The number of carbonyl (C=O) groups is 1. The van der Waals surface area contributed by atoms with Crippen LogP contribution in [0.25, 0.3) is 0 Å². The number of carbonyl (C=O) groups excluding carboxylic acids is 1. The number of aryl methyl sites for hydroxylation is 1. The largest absolute Gasteiger partial charge is 0.496 e. The van der Waals surface area contributed by atoms with Crippen LogP contribution in [0.2, 0.25) is 0 Å². The van der Waals surface area contributed by atoms with Crippen LogP contribution in [0.5, 0.6) is 5.75 Å². The molecule has 22 heavy (non-hydrogen) atoms. The summed E-state index contributed by atoms with van der Waals surface area (Å²) in [6.45, 7) is 3.34. The number of benzene rings is 1. The van der Waals surface area contributed by atoms with Crippen LogP contribution >= 0.6 is 0 Å². The molecule has 1 heterocycles. The molecule has 1 aromatic rings. The Hall–Kier alpha value is -1.59. The molecule has 5 nitrogen and oxygen atoms in total. The zero-order valence-electron chi connectivity index (χ0n) is 13.3. The van der Waals surface area contributed by atoms with E-state index in [4.69, 9.17) is 14.2 Å². The third kappa shape index (κ3) is 2.59. The monoisotopic (exact) mass is 305 g/mol. The summed E-state index contributed by atoms with van der Waals surface area (Å²) in [6, 6.07) is 5.63. The lowest BCUT2D eigenvalue weighted by Gasteiger charge is -2.47. The SMILES string of the molecule is COC[C@H]1[C@@H](NC(=O)c2ccc(OC)c(C)c2)[C@@H]2CCO[C@@H]21. The predicted octanol–water partition coefficient (Wildman–Crippen LogP) is 1.78. The average molecular weight is 305 g/mol. The van der Waals surface area contributed by atoms with E-state index in [1.165, 1.54) is 0 Å². The van der Waals surface area contributed by atoms with Crippen LogP contribution in [0.15, 0.2) is 18.2 Å². The van der Waals surface area contributed by atoms with Gasteiger partial charge in [0.1, 0.15) is 5.75 Å². The standard InChI is InChI=1S/C17H23NO4/c1-10-8-11(4-5-14(10)21-3)17(19)18-15-12-6-7-22-16(12)13(15)9-20-2/h4-5,8,12-13,15-16H,6-7,9H2,1-3H3,(H,18,19)/t12-,13-,15-,16-/m0/s1. The lowest BCUT2D eigenvalue weighted by molar-refractivity contribution is -0.0809. The van der Waals surface area contributed by atoms with Gasteiger partial charge in [-0.15, -0.1) is 0 Å². The molecule has 2 aliphatic rings. The van der Waals surface area contributed by atoms with Crippen LogP contribution in [0, 0.1) is 18.8 Å². The average Bonchev–Trinajstić information content (AvgIpc) is 2.94. The van der Waals surface area contributed by atoms with E-state index in [2.05, 4.69) is 5.32 Å². The summed E-state index contributed by atoms with van der Waals surface area (Å²) in [5, 5.41) is 3.16. The second-order valence-corrected chi connectivity index (χ2v) is 6.09. The van der Waals surface area contributed by atoms with Gasteiger partial charge in [0, 0.05) is 37.2 Å². The maximum atomic E-state index is 12.5. The molecule has 0 radical (unpaired) electrons. The van der Waals surface area contributed by atoms with Crippen molar-refractivity contribution < 1.29 is 19.0 Å². The van der Waals surface area contributed by atoms with Crippen molar-refractivity contribution in [3.63, 3.8) is 0 Å². The van der Waals surface area contributed by atoms with Crippen LogP contribution in [0.4, 0.5) is 0 Å². The van der Waals surface area contributed by atoms with Gasteiger partial charge in [0.2, 0.25) is 0 Å². The van der Waals surface area contributed by atoms with Gasteiger partial charge in [0.15, 0.2) is 0 Å². The molecule has 1 N–H and O–H groups in total. The fourth-order valence-electron chi connectivity index (χ4n) is 3.69. The minimum atomic E-state index is -0.0396. The zero-order chi connectivity index (χ0) is 15.7. The molecule has 2 fully saturated rings. The van der Waals surface area contributed by atoms with Crippen molar-refractivity contribution in [1.29, 1.82) is 0 Å². The molecule has 120 valence electrons. The van der Waals surface area contributed by atoms with Gasteiger partial charge in [-0.2, -0.15) is 0 Å². The van der Waals surface area contributed by atoms with Gasteiger partial charge in [-0.1, -0.05) is 0 Å². The molecule has 1 aliphatic heterocycles. The molecule has 4 atom stereocenters. The Kier molecular flexibility index (Phi) is 4.36. The Morgan fingerprint density at radius 1 is 1.41 bits per heavy atom. The van der Waals surface area contributed by atoms with Crippen molar-refractivity contribution in [1.82, 2.24) is 5.32 Å². The van der Waals surface area contributed by atoms with Crippen LogP contribution in [-0.2, 0) is 9.47 Å². The Bertz CT molecular complexity index is 560. The van der Waals surface area contributed by atoms with Gasteiger partial charge in [-0.3, -0.25) is 4.79 Å². The van der Waals surface area contributed by atoms with Crippen molar-refractivity contribution >= 4 is 5.91 Å². The number of fused-ring (bicyclic) bond motifs is 1. The maximum absolute atomic E-state index is 12.5. The molecule has 5 heteroatoms. The predicted molar refractivity (Wildman–Crippen MR) is 82.2 cm³/mol. The summed E-state index contributed by atoms with van der Waals surface area (Å²) in [6.07, 6.45) is 1.25. The zero-order valence-corrected chi connectivity index (χ0v) is 13.3. The molecule has 0 bridgehead atoms. The van der Waals surface area contributed by atoms with Crippen molar-refractivity contribution in [2.45, 2.75) is 25.5 Å². The summed E-state index contributed by atoms with van der Waals surface area (Å²) in [4.78, 5) is 12.5. The fourth-order valence-corrected chi connectivity index (χ4v) is 3.69. The molecule has 0 unspecified atom stereocenters. The van der Waals surface area contributed by atoms with E-state index in [0.717, 1.165) is 24.3 Å². The third-order valence-corrected chi connectivity index (χ3v) is 4.84. The van der Waals surface area contributed by atoms with Crippen LogP contribution < -0.4 is 10.1 Å². The second-order valence-electron chi connectivity index (χ2n) is 6.09. The number of rotatable bonds is 5. The van der Waals surface area contributed by atoms with Crippen molar-refractivity contribution in [2.24, 2.45) is 11.8 Å². The first-order valence-corrected chi connectivity index (χ1v) is 7.71. The van der Waals surface area contributed by atoms with Crippen LogP contribution in [0.3, 0.4) is 0 Å².